The molecular weight excluding hydrogens is 384 g/mol. The van der Waals surface area contributed by atoms with Gasteiger partial charge in [-0.1, -0.05) is 25.4 Å². The zero-order valence-corrected chi connectivity index (χ0v) is 14.1. The highest BCUT2D eigenvalue weighted by molar-refractivity contribution is 14.1. The highest BCUT2D eigenvalue weighted by Gasteiger charge is 2.18. The van der Waals surface area contributed by atoms with Crippen molar-refractivity contribution in [2.45, 2.75) is 20.3 Å². The second-order valence-electron chi connectivity index (χ2n) is 4.91. The molecule has 0 aromatic heterocycles. The standard InChI is InChI=1S/C13H16Cl2INO/c1-13(2,5-6-14)8-17-12(18)9-3-4-11(16)10(15)7-9/h3-4,7H,5-6,8H2,1-2H3,(H,17,18). The second kappa shape index (κ2) is 6.96. The Hall–Kier alpha value is -0.0000000000000000555. The summed E-state index contributed by atoms with van der Waals surface area (Å²) in [6.07, 6.45) is 0.863. The molecule has 0 bridgehead atoms. The van der Waals surface area contributed by atoms with Crippen molar-refractivity contribution in [1.82, 2.24) is 5.32 Å². The number of carbonyl (C=O) groups excluding carboxylic acids is 1. The highest BCUT2D eigenvalue weighted by atomic mass is 127. The van der Waals surface area contributed by atoms with E-state index in [9.17, 15) is 4.79 Å². The smallest absolute Gasteiger partial charge is 0.251 e. The summed E-state index contributed by atoms with van der Waals surface area (Å²) in [6, 6.07) is 5.30. The molecule has 1 N–H and O–H groups in total. The van der Waals surface area contributed by atoms with Crippen molar-refractivity contribution >= 4 is 51.7 Å². The second-order valence-corrected chi connectivity index (χ2v) is 6.86. The number of alkyl halides is 1. The number of rotatable bonds is 5. The van der Waals surface area contributed by atoms with Crippen molar-refractivity contribution in [2.75, 3.05) is 12.4 Å². The van der Waals surface area contributed by atoms with Crippen molar-refractivity contribution in [3.05, 3.63) is 32.4 Å². The maximum atomic E-state index is 12.0. The van der Waals surface area contributed by atoms with Crippen LogP contribution in [0.3, 0.4) is 0 Å². The average Bonchev–Trinajstić information content (AvgIpc) is 2.30. The van der Waals surface area contributed by atoms with Crippen LogP contribution in [-0.4, -0.2) is 18.3 Å². The van der Waals surface area contributed by atoms with E-state index in [1.54, 1.807) is 12.1 Å². The molecule has 0 fully saturated rings. The van der Waals surface area contributed by atoms with Crippen molar-refractivity contribution in [3.63, 3.8) is 0 Å². The fourth-order valence-electron chi connectivity index (χ4n) is 1.40. The molecule has 0 aliphatic rings. The van der Waals surface area contributed by atoms with Crippen LogP contribution >= 0.6 is 45.8 Å². The number of hydrogen-bond donors (Lipinski definition) is 1. The zero-order valence-electron chi connectivity index (χ0n) is 10.4. The van der Waals surface area contributed by atoms with Crippen LogP contribution in [0, 0.1) is 8.99 Å². The molecule has 1 aromatic carbocycles. The van der Waals surface area contributed by atoms with Gasteiger partial charge in [-0.05, 0) is 52.6 Å². The van der Waals surface area contributed by atoms with Gasteiger partial charge in [-0.2, -0.15) is 0 Å². The van der Waals surface area contributed by atoms with Crippen LogP contribution in [0.25, 0.3) is 0 Å². The SMILES string of the molecule is CC(C)(CCCl)CNC(=O)c1ccc(I)c(Cl)c1. The van der Waals surface area contributed by atoms with Gasteiger partial charge in [0.15, 0.2) is 0 Å². The molecule has 0 unspecified atom stereocenters. The van der Waals surface area contributed by atoms with E-state index in [0.29, 0.717) is 23.0 Å². The summed E-state index contributed by atoms with van der Waals surface area (Å²) in [4.78, 5) is 12.0. The maximum Gasteiger partial charge on any atom is 0.251 e. The molecule has 0 saturated carbocycles. The quantitative estimate of drug-likeness (QED) is 0.579. The Morgan fingerprint density at radius 2 is 2.11 bits per heavy atom. The molecule has 5 heteroatoms. The van der Waals surface area contributed by atoms with E-state index in [1.807, 2.05) is 6.07 Å². The van der Waals surface area contributed by atoms with Gasteiger partial charge in [-0.15, -0.1) is 11.6 Å². The van der Waals surface area contributed by atoms with Gasteiger partial charge < -0.3 is 5.32 Å². The lowest BCUT2D eigenvalue weighted by Gasteiger charge is -2.23. The molecule has 0 atom stereocenters. The summed E-state index contributed by atoms with van der Waals surface area (Å²) in [6.45, 7) is 4.76. The summed E-state index contributed by atoms with van der Waals surface area (Å²) < 4.78 is 0.938. The molecule has 100 valence electrons. The van der Waals surface area contributed by atoms with Gasteiger partial charge in [-0.25, -0.2) is 0 Å². The van der Waals surface area contributed by atoms with E-state index in [0.717, 1.165) is 9.99 Å². The molecule has 0 aliphatic heterocycles. The van der Waals surface area contributed by atoms with Gasteiger partial charge >= 0.3 is 0 Å². The van der Waals surface area contributed by atoms with Crippen molar-refractivity contribution in [2.24, 2.45) is 5.41 Å². The van der Waals surface area contributed by atoms with Gasteiger partial charge in [0.1, 0.15) is 0 Å². The zero-order chi connectivity index (χ0) is 13.8. The van der Waals surface area contributed by atoms with Crippen LogP contribution in [-0.2, 0) is 0 Å². The van der Waals surface area contributed by atoms with Crippen LogP contribution < -0.4 is 5.32 Å². The minimum absolute atomic E-state index is 0.00437. The summed E-state index contributed by atoms with van der Waals surface area (Å²) in [5, 5.41) is 3.51. The third kappa shape index (κ3) is 4.94. The predicted octanol–water partition coefficient (Wildman–Crippen LogP) is 4.33. The summed E-state index contributed by atoms with van der Waals surface area (Å²) >= 11 is 13.8. The normalized spacial score (nSPS) is 11.4. The minimum Gasteiger partial charge on any atom is -0.352 e. The van der Waals surface area contributed by atoms with Crippen molar-refractivity contribution < 1.29 is 4.79 Å². The lowest BCUT2D eigenvalue weighted by atomic mass is 9.90. The fourth-order valence-corrected chi connectivity index (χ4v) is 2.43. The largest absolute Gasteiger partial charge is 0.352 e. The summed E-state index contributed by atoms with van der Waals surface area (Å²) in [7, 11) is 0. The first-order chi connectivity index (χ1) is 8.35. The summed E-state index contributed by atoms with van der Waals surface area (Å²) in [5.41, 5.74) is 0.590. The van der Waals surface area contributed by atoms with Crippen LogP contribution in [0.5, 0.6) is 0 Å². The van der Waals surface area contributed by atoms with Gasteiger partial charge in [-0.3, -0.25) is 4.79 Å². The maximum absolute atomic E-state index is 12.0. The lowest BCUT2D eigenvalue weighted by molar-refractivity contribution is 0.0936. The van der Waals surface area contributed by atoms with Crippen LogP contribution in [0.4, 0.5) is 0 Å². The van der Waals surface area contributed by atoms with E-state index in [2.05, 4.69) is 41.8 Å². The van der Waals surface area contributed by atoms with E-state index in [1.165, 1.54) is 0 Å². The Labute approximate surface area is 132 Å². The molecular formula is C13H16Cl2INO. The molecule has 0 aliphatic carbocycles. The monoisotopic (exact) mass is 399 g/mol. The van der Waals surface area contributed by atoms with Gasteiger partial charge in [0.25, 0.3) is 5.91 Å². The third-order valence-electron chi connectivity index (χ3n) is 2.68. The van der Waals surface area contributed by atoms with Crippen molar-refractivity contribution in [1.29, 1.82) is 0 Å². The molecule has 0 spiro atoms. The molecule has 1 rings (SSSR count). The summed E-state index contributed by atoms with van der Waals surface area (Å²) in [5.74, 6) is 0.494. The first-order valence-electron chi connectivity index (χ1n) is 5.65. The topological polar surface area (TPSA) is 29.1 Å². The van der Waals surface area contributed by atoms with E-state index >= 15 is 0 Å². The van der Waals surface area contributed by atoms with Crippen LogP contribution in [0.2, 0.25) is 5.02 Å². The highest BCUT2D eigenvalue weighted by Crippen LogP contribution is 2.21. The molecule has 0 saturated heterocycles. The molecule has 18 heavy (non-hydrogen) atoms. The predicted molar refractivity (Wildman–Crippen MR) is 85.6 cm³/mol. The third-order valence-corrected chi connectivity index (χ3v) is 4.44. The van der Waals surface area contributed by atoms with Gasteiger partial charge in [0.05, 0.1) is 5.02 Å². The fraction of sp³-hybridized carbons (Fsp3) is 0.462. The number of halogens is 3. The molecule has 2 nitrogen and oxygen atoms in total. The Bertz CT molecular complexity index is 435. The minimum atomic E-state index is -0.101. The number of nitrogens with one attached hydrogen (secondary N) is 1. The first kappa shape index (κ1) is 16.1. The Balaban J connectivity index is 2.63. The Morgan fingerprint density at radius 3 is 2.67 bits per heavy atom. The average molecular weight is 400 g/mol. The molecule has 1 aromatic rings. The van der Waals surface area contributed by atoms with E-state index < -0.39 is 0 Å². The molecule has 0 heterocycles. The lowest BCUT2D eigenvalue weighted by Crippen LogP contribution is -2.34. The van der Waals surface area contributed by atoms with E-state index in [4.69, 9.17) is 23.2 Å². The molecule has 1 amide bonds. The van der Waals surface area contributed by atoms with Crippen LogP contribution in [0.1, 0.15) is 30.6 Å². The Morgan fingerprint density at radius 1 is 1.44 bits per heavy atom. The van der Waals surface area contributed by atoms with Gasteiger partial charge in [0.2, 0.25) is 0 Å². The van der Waals surface area contributed by atoms with Crippen LogP contribution in [0.15, 0.2) is 18.2 Å². The van der Waals surface area contributed by atoms with Crippen molar-refractivity contribution in [3.8, 4) is 0 Å². The molecule has 0 radical (unpaired) electrons. The van der Waals surface area contributed by atoms with E-state index in [-0.39, 0.29) is 11.3 Å². The Kier molecular flexibility index (Phi) is 6.21. The number of benzene rings is 1. The number of carbonyl (C=O) groups is 1. The number of amides is 1. The van der Waals surface area contributed by atoms with Gasteiger partial charge in [0, 0.05) is 21.6 Å². The number of hydrogen-bond acceptors (Lipinski definition) is 1. The first-order valence-corrected chi connectivity index (χ1v) is 7.64.